The monoisotopic (exact) mass is 377 g/mol. The highest BCUT2D eigenvalue weighted by molar-refractivity contribution is 9.13. The Labute approximate surface area is 122 Å². The predicted molar refractivity (Wildman–Crippen MR) is 78.7 cm³/mol. The minimum atomic E-state index is 0.191. The summed E-state index contributed by atoms with van der Waals surface area (Å²) in [7, 11) is 1.97. The van der Waals surface area contributed by atoms with Gasteiger partial charge in [0.2, 0.25) is 0 Å². The van der Waals surface area contributed by atoms with E-state index in [4.69, 9.17) is 4.42 Å². The zero-order valence-corrected chi connectivity index (χ0v) is 13.6. The molecule has 2 heterocycles. The third-order valence-electron chi connectivity index (χ3n) is 2.65. The van der Waals surface area contributed by atoms with Gasteiger partial charge in [-0.05, 0) is 51.0 Å². The lowest BCUT2D eigenvalue weighted by Gasteiger charge is -2.14. The van der Waals surface area contributed by atoms with E-state index in [1.54, 1.807) is 17.6 Å². The van der Waals surface area contributed by atoms with E-state index >= 15 is 0 Å². The van der Waals surface area contributed by atoms with Crippen LogP contribution in [0.5, 0.6) is 0 Å². The van der Waals surface area contributed by atoms with Gasteiger partial charge in [-0.3, -0.25) is 0 Å². The van der Waals surface area contributed by atoms with E-state index in [-0.39, 0.29) is 6.04 Å². The molecule has 0 amide bonds. The number of hydrogen-bond donors (Lipinski definition) is 1. The largest absolute Gasteiger partial charge is 0.469 e. The van der Waals surface area contributed by atoms with Crippen LogP contribution < -0.4 is 5.32 Å². The van der Waals surface area contributed by atoms with Gasteiger partial charge in [-0.2, -0.15) is 0 Å². The molecule has 2 aromatic heterocycles. The van der Waals surface area contributed by atoms with E-state index in [0.717, 1.165) is 20.4 Å². The molecule has 0 fully saturated rings. The van der Waals surface area contributed by atoms with Gasteiger partial charge in [-0.1, -0.05) is 6.92 Å². The molecule has 0 radical (unpaired) electrons. The van der Waals surface area contributed by atoms with Crippen LogP contribution in [0.1, 0.15) is 29.2 Å². The van der Waals surface area contributed by atoms with E-state index in [1.165, 1.54) is 10.4 Å². The molecule has 0 saturated carbocycles. The van der Waals surface area contributed by atoms with Crippen molar-refractivity contribution in [3.8, 4) is 0 Å². The van der Waals surface area contributed by atoms with E-state index in [1.807, 2.05) is 13.1 Å². The molecule has 0 spiro atoms. The van der Waals surface area contributed by atoms with Gasteiger partial charge in [0.05, 0.1) is 16.1 Å². The van der Waals surface area contributed by atoms with Crippen molar-refractivity contribution in [3.63, 3.8) is 0 Å². The molecule has 2 nitrogen and oxygen atoms in total. The van der Waals surface area contributed by atoms with Gasteiger partial charge in [-0.15, -0.1) is 11.3 Å². The van der Waals surface area contributed by atoms with Crippen molar-refractivity contribution in [1.82, 2.24) is 5.32 Å². The van der Waals surface area contributed by atoms with E-state index in [9.17, 15) is 0 Å². The second-order valence-corrected chi connectivity index (χ2v) is 6.90. The van der Waals surface area contributed by atoms with Crippen molar-refractivity contribution in [2.45, 2.75) is 19.4 Å². The van der Waals surface area contributed by atoms with Crippen LogP contribution in [0.2, 0.25) is 0 Å². The van der Waals surface area contributed by atoms with Gasteiger partial charge in [0, 0.05) is 21.3 Å². The number of furan rings is 1. The summed E-state index contributed by atoms with van der Waals surface area (Å²) in [5, 5.41) is 3.34. The Kier molecular flexibility index (Phi) is 4.47. The number of aryl methyl sites for hydroxylation is 1. The molecule has 5 heteroatoms. The van der Waals surface area contributed by atoms with Crippen molar-refractivity contribution < 1.29 is 4.42 Å². The van der Waals surface area contributed by atoms with Crippen molar-refractivity contribution in [3.05, 3.63) is 42.9 Å². The minimum absolute atomic E-state index is 0.191. The second-order valence-electron chi connectivity index (χ2n) is 3.64. The lowest BCUT2D eigenvalue weighted by molar-refractivity contribution is 0.505. The number of hydrogen-bond acceptors (Lipinski definition) is 3. The topological polar surface area (TPSA) is 25.2 Å². The molecule has 0 saturated heterocycles. The highest BCUT2D eigenvalue weighted by atomic mass is 79.9. The summed E-state index contributed by atoms with van der Waals surface area (Å²) < 4.78 is 7.71. The van der Waals surface area contributed by atoms with Gasteiger partial charge >= 0.3 is 0 Å². The maximum atomic E-state index is 5.50. The first-order chi connectivity index (χ1) is 8.17. The molecular formula is C12H13Br2NOS. The molecule has 92 valence electrons. The average Bonchev–Trinajstić information content (AvgIpc) is 2.89. The Hall–Kier alpha value is -0.1000. The van der Waals surface area contributed by atoms with Crippen LogP contribution in [0.25, 0.3) is 0 Å². The van der Waals surface area contributed by atoms with E-state index in [2.05, 4.69) is 50.2 Å². The maximum Gasteiger partial charge on any atom is 0.108 e. The van der Waals surface area contributed by atoms with Crippen molar-refractivity contribution >= 4 is 43.2 Å². The molecular weight excluding hydrogens is 366 g/mol. The predicted octanol–water partition coefficient (Wildman–Crippen LogP) is 4.74. The SMILES string of the molecule is CCc1occc1C(NC)c1cc(Br)c(Br)s1. The summed E-state index contributed by atoms with van der Waals surface area (Å²) in [5.41, 5.74) is 1.22. The summed E-state index contributed by atoms with van der Waals surface area (Å²) in [6, 6.07) is 4.38. The molecule has 2 rings (SSSR count). The van der Waals surface area contributed by atoms with Crippen LogP contribution in [0.4, 0.5) is 0 Å². The zero-order valence-electron chi connectivity index (χ0n) is 9.59. The molecule has 2 aromatic rings. The highest BCUT2D eigenvalue weighted by Gasteiger charge is 2.20. The molecule has 0 aliphatic carbocycles. The summed E-state index contributed by atoms with van der Waals surface area (Å²) in [6.07, 6.45) is 2.67. The highest BCUT2D eigenvalue weighted by Crippen LogP contribution is 2.38. The fourth-order valence-electron chi connectivity index (χ4n) is 1.85. The minimum Gasteiger partial charge on any atom is -0.469 e. The van der Waals surface area contributed by atoms with Gasteiger partial charge in [0.25, 0.3) is 0 Å². The fourth-order valence-corrected chi connectivity index (χ4v) is 4.07. The van der Waals surface area contributed by atoms with Crippen LogP contribution in [-0.2, 0) is 6.42 Å². The van der Waals surface area contributed by atoms with Gasteiger partial charge in [0.15, 0.2) is 0 Å². The molecule has 1 unspecified atom stereocenters. The summed E-state index contributed by atoms with van der Waals surface area (Å²) in [6.45, 7) is 2.11. The summed E-state index contributed by atoms with van der Waals surface area (Å²) >= 11 is 8.79. The molecule has 0 aliphatic rings. The maximum absolute atomic E-state index is 5.50. The first-order valence-corrected chi connectivity index (χ1v) is 7.75. The lowest BCUT2D eigenvalue weighted by atomic mass is 10.1. The first kappa shape index (κ1) is 13.3. The number of thiophene rings is 1. The summed E-state index contributed by atoms with van der Waals surface area (Å²) in [4.78, 5) is 1.27. The van der Waals surface area contributed by atoms with Crippen LogP contribution in [0.3, 0.4) is 0 Å². The number of nitrogens with one attached hydrogen (secondary N) is 1. The first-order valence-electron chi connectivity index (χ1n) is 5.35. The Morgan fingerprint density at radius 3 is 2.76 bits per heavy atom. The van der Waals surface area contributed by atoms with E-state index < -0.39 is 0 Å². The van der Waals surface area contributed by atoms with Crippen molar-refractivity contribution in [1.29, 1.82) is 0 Å². The summed E-state index contributed by atoms with van der Waals surface area (Å²) in [5.74, 6) is 1.05. The molecule has 17 heavy (non-hydrogen) atoms. The fraction of sp³-hybridized carbons (Fsp3) is 0.333. The molecule has 0 bridgehead atoms. The number of rotatable bonds is 4. The smallest absolute Gasteiger partial charge is 0.108 e. The van der Waals surface area contributed by atoms with Crippen molar-refractivity contribution in [2.24, 2.45) is 0 Å². The molecule has 0 aromatic carbocycles. The molecule has 1 atom stereocenters. The van der Waals surface area contributed by atoms with E-state index in [0.29, 0.717) is 0 Å². The van der Waals surface area contributed by atoms with Crippen molar-refractivity contribution in [2.75, 3.05) is 7.05 Å². The standard InChI is InChI=1S/C12H13Br2NOS/c1-3-9-7(4-5-16-9)11(15-2)10-6-8(13)12(14)17-10/h4-6,11,15H,3H2,1-2H3. The van der Waals surface area contributed by atoms with Crippen LogP contribution in [0, 0.1) is 0 Å². The van der Waals surface area contributed by atoms with Crippen LogP contribution in [0.15, 0.2) is 31.1 Å². The van der Waals surface area contributed by atoms with Gasteiger partial charge < -0.3 is 9.73 Å². The lowest BCUT2D eigenvalue weighted by Crippen LogP contribution is -2.17. The second kappa shape index (κ2) is 5.69. The third kappa shape index (κ3) is 2.67. The zero-order chi connectivity index (χ0) is 12.4. The van der Waals surface area contributed by atoms with Crippen LogP contribution >= 0.6 is 43.2 Å². The number of halogens is 2. The van der Waals surface area contributed by atoms with Gasteiger partial charge in [-0.25, -0.2) is 0 Å². The Bertz CT molecular complexity index is 487. The van der Waals surface area contributed by atoms with Gasteiger partial charge in [0.1, 0.15) is 5.76 Å². The molecule has 0 aliphatic heterocycles. The third-order valence-corrected chi connectivity index (χ3v) is 5.97. The quantitative estimate of drug-likeness (QED) is 0.831. The Morgan fingerprint density at radius 2 is 2.24 bits per heavy atom. The normalized spacial score (nSPS) is 12.9. The average molecular weight is 379 g/mol. The van der Waals surface area contributed by atoms with Crippen LogP contribution in [-0.4, -0.2) is 7.05 Å². The molecule has 1 N–H and O–H groups in total. The Morgan fingerprint density at radius 1 is 1.47 bits per heavy atom. The Balaban J connectivity index is 2.40.